The molecule has 1 aliphatic heterocycles. The average molecular weight is 248 g/mol. The van der Waals surface area contributed by atoms with Crippen LogP contribution >= 0.6 is 0 Å². The molecule has 4 heteroatoms. The number of nitrogens with one attached hydrogen (secondary N) is 1. The summed E-state index contributed by atoms with van der Waals surface area (Å²) in [5.74, 6) is 0.926. The molecule has 0 aliphatic carbocycles. The SMILES string of the molecule is COc1ccc(C(=O)N2CCNCC2C)cc1C. The largest absolute Gasteiger partial charge is 0.496 e. The number of methoxy groups -OCH3 is 1. The molecule has 98 valence electrons. The normalized spacial score (nSPS) is 19.7. The van der Waals surface area contributed by atoms with E-state index in [1.165, 1.54) is 0 Å². The zero-order valence-corrected chi connectivity index (χ0v) is 11.2. The summed E-state index contributed by atoms with van der Waals surface area (Å²) in [6.07, 6.45) is 0. The van der Waals surface area contributed by atoms with Crippen molar-refractivity contribution in [3.63, 3.8) is 0 Å². The van der Waals surface area contributed by atoms with E-state index < -0.39 is 0 Å². The van der Waals surface area contributed by atoms with Crippen LogP contribution in [-0.4, -0.2) is 43.6 Å². The molecule has 0 saturated carbocycles. The summed E-state index contributed by atoms with van der Waals surface area (Å²) >= 11 is 0. The lowest BCUT2D eigenvalue weighted by atomic mass is 10.1. The summed E-state index contributed by atoms with van der Waals surface area (Å²) in [5.41, 5.74) is 1.73. The molecular formula is C14H20N2O2. The van der Waals surface area contributed by atoms with E-state index in [1.807, 2.05) is 30.0 Å². The fourth-order valence-electron chi connectivity index (χ4n) is 2.32. The highest BCUT2D eigenvalue weighted by Crippen LogP contribution is 2.20. The van der Waals surface area contributed by atoms with Gasteiger partial charge in [-0.25, -0.2) is 0 Å². The van der Waals surface area contributed by atoms with Crippen LogP contribution in [0.2, 0.25) is 0 Å². The average Bonchev–Trinajstić information content (AvgIpc) is 2.38. The van der Waals surface area contributed by atoms with Crippen LogP contribution < -0.4 is 10.1 Å². The summed E-state index contributed by atoms with van der Waals surface area (Å²) < 4.78 is 5.21. The van der Waals surface area contributed by atoms with Crippen molar-refractivity contribution in [3.05, 3.63) is 29.3 Å². The van der Waals surface area contributed by atoms with E-state index in [0.29, 0.717) is 0 Å². The fourth-order valence-corrected chi connectivity index (χ4v) is 2.32. The topological polar surface area (TPSA) is 41.6 Å². The Labute approximate surface area is 108 Å². The molecule has 1 heterocycles. The molecule has 1 atom stereocenters. The van der Waals surface area contributed by atoms with Gasteiger partial charge in [0.05, 0.1) is 7.11 Å². The Morgan fingerprint density at radius 3 is 2.89 bits per heavy atom. The number of carbonyl (C=O) groups excluding carboxylic acids is 1. The van der Waals surface area contributed by atoms with Crippen molar-refractivity contribution < 1.29 is 9.53 Å². The molecule has 0 spiro atoms. The molecule has 1 unspecified atom stereocenters. The van der Waals surface area contributed by atoms with E-state index in [-0.39, 0.29) is 11.9 Å². The van der Waals surface area contributed by atoms with Gasteiger partial charge in [-0.3, -0.25) is 4.79 Å². The van der Waals surface area contributed by atoms with Gasteiger partial charge in [0.1, 0.15) is 5.75 Å². The van der Waals surface area contributed by atoms with Crippen molar-refractivity contribution >= 4 is 5.91 Å². The second-order valence-electron chi connectivity index (χ2n) is 4.74. The number of benzene rings is 1. The zero-order valence-electron chi connectivity index (χ0n) is 11.2. The van der Waals surface area contributed by atoms with Gasteiger partial charge in [-0.2, -0.15) is 0 Å². The van der Waals surface area contributed by atoms with Gasteiger partial charge in [-0.05, 0) is 37.6 Å². The molecule has 1 aromatic carbocycles. The van der Waals surface area contributed by atoms with Gasteiger partial charge in [-0.15, -0.1) is 0 Å². The molecule has 0 bridgehead atoms. The number of rotatable bonds is 2. The number of amides is 1. The molecule has 0 radical (unpaired) electrons. The second-order valence-corrected chi connectivity index (χ2v) is 4.74. The third kappa shape index (κ3) is 2.48. The van der Waals surface area contributed by atoms with Gasteiger partial charge < -0.3 is 15.0 Å². The van der Waals surface area contributed by atoms with Crippen molar-refractivity contribution in [2.24, 2.45) is 0 Å². The molecule has 1 amide bonds. The number of nitrogens with zero attached hydrogens (tertiary/aromatic N) is 1. The zero-order chi connectivity index (χ0) is 13.1. The maximum absolute atomic E-state index is 12.4. The molecular weight excluding hydrogens is 228 g/mol. The van der Waals surface area contributed by atoms with Gasteiger partial charge in [0.2, 0.25) is 0 Å². The van der Waals surface area contributed by atoms with Crippen LogP contribution in [0.15, 0.2) is 18.2 Å². The molecule has 1 fully saturated rings. The molecule has 1 aliphatic rings. The monoisotopic (exact) mass is 248 g/mol. The first-order valence-corrected chi connectivity index (χ1v) is 6.30. The number of piperazine rings is 1. The number of aryl methyl sites for hydroxylation is 1. The second kappa shape index (κ2) is 5.40. The molecule has 1 aromatic rings. The van der Waals surface area contributed by atoms with Crippen LogP contribution in [0, 0.1) is 6.92 Å². The first kappa shape index (κ1) is 12.9. The third-order valence-corrected chi connectivity index (χ3v) is 3.40. The smallest absolute Gasteiger partial charge is 0.254 e. The van der Waals surface area contributed by atoms with Crippen LogP contribution in [-0.2, 0) is 0 Å². The van der Waals surface area contributed by atoms with E-state index in [4.69, 9.17) is 4.74 Å². The summed E-state index contributed by atoms with van der Waals surface area (Å²) in [5, 5.41) is 3.29. The Hall–Kier alpha value is -1.55. The lowest BCUT2D eigenvalue weighted by Gasteiger charge is -2.34. The van der Waals surface area contributed by atoms with Crippen molar-refractivity contribution in [3.8, 4) is 5.75 Å². The highest BCUT2D eigenvalue weighted by Gasteiger charge is 2.24. The van der Waals surface area contributed by atoms with Crippen molar-refractivity contribution in [2.45, 2.75) is 19.9 Å². The fraction of sp³-hybridized carbons (Fsp3) is 0.500. The molecule has 1 N–H and O–H groups in total. The number of hydrogen-bond donors (Lipinski definition) is 1. The Balaban J connectivity index is 2.20. The van der Waals surface area contributed by atoms with E-state index >= 15 is 0 Å². The van der Waals surface area contributed by atoms with Crippen LogP contribution in [0.4, 0.5) is 0 Å². The molecule has 0 aromatic heterocycles. The van der Waals surface area contributed by atoms with Crippen LogP contribution in [0.3, 0.4) is 0 Å². The third-order valence-electron chi connectivity index (χ3n) is 3.40. The Kier molecular flexibility index (Phi) is 3.87. The lowest BCUT2D eigenvalue weighted by Crippen LogP contribution is -2.52. The Morgan fingerprint density at radius 2 is 2.28 bits per heavy atom. The maximum Gasteiger partial charge on any atom is 0.254 e. The predicted molar refractivity (Wildman–Crippen MR) is 71.1 cm³/mol. The van der Waals surface area contributed by atoms with E-state index in [1.54, 1.807) is 7.11 Å². The van der Waals surface area contributed by atoms with E-state index in [0.717, 1.165) is 36.5 Å². The van der Waals surface area contributed by atoms with Gasteiger partial charge >= 0.3 is 0 Å². The van der Waals surface area contributed by atoms with Crippen molar-refractivity contribution in [1.29, 1.82) is 0 Å². The van der Waals surface area contributed by atoms with Gasteiger partial charge in [0.15, 0.2) is 0 Å². The van der Waals surface area contributed by atoms with Crippen molar-refractivity contribution in [2.75, 3.05) is 26.7 Å². The molecule has 2 rings (SSSR count). The first-order chi connectivity index (χ1) is 8.63. The highest BCUT2D eigenvalue weighted by molar-refractivity contribution is 5.95. The molecule has 4 nitrogen and oxygen atoms in total. The van der Waals surface area contributed by atoms with Gasteiger partial charge in [0, 0.05) is 31.2 Å². The predicted octanol–water partition coefficient (Wildman–Crippen LogP) is 1.44. The molecule has 18 heavy (non-hydrogen) atoms. The highest BCUT2D eigenvalue weighted by atomic mass is 16.5. The van der Waals surface area contributed by atoms with Gasteiger partial charge in [-0.1, -0.05) is 0 Å². The van der Waals surface area contributed by atoms with Gasteiger partial charge in [0.25, 0.3) is 5.91 Å². The minimum Gasteiger partial charge on any atom is -0.496 e. The minimum atomic E-state index is 0.106. The number of hydrogen-bond acceptors (Lipinski definition) is 3. The quantitative estimate of drug-likeness (QED) is 0.861. The van der Waals surface area contributed by atoms with Crippen LogP contribution in [0.25, 0.3) is 0 Å². The lowest BCUT2D eigenvalue weighted by molar-refractivity contribution is 0.0655. The summed E-state index contributed by atoms with van der Waals surface area (Å²) in [6.45, 7) is 6.52. The summed E-state index contributed by atoms with van der Waals surface area (Å²) in [7, 11) is 1.64. The standard InChI is InChI=1S/C14H20N2O2/c1-10-8-12(4-5-13(10)18-3)14(17)16-7-6-15-9-11(16)2/h4-5,8,11,15H,6-7,9H2,1-3H3. The van der Waals surface area contributed by atoms with Crippen molar-refractivity contribution in [1.82, 2.24) is 10.2 Å². The van der Waals surface area contributed by atoms with Crippen LogP contribution in [0.5, 0.6) is 5.75 Å². The van der Waals surface area contributed by atoms with E-state index in [9.17, 15) is 4.79 Å². The molecule has 1 saturated heterocycles. The summed E-state index contributed by atoms with van der Waals surface area (Å²) in [6, 6.07) is 5.84. The Morgan fingerprint density at radius 1 is 1.50 bits per heavy atom. The Bertz CT molecular complexity index is 445. The number of carbonyl (C=O) groups is 1. The minimum absolute atomic E-state index is 0.106. The van der Waals surface area contributed by atoms with E-state index in [2.05, 4.69) is 12.2 Å². The number of ether oxygens (including phenoxy) is 1. The first-order valence-electron chi connectivity index (χ1n) is 6.30. The summed E-state index contributed by atoms with van der Waals surface area (Å²) in [4.78, 5) is 14.3. The maximum atomic E-state index is 12.4. The van der Waals surface area contributed by atoms with Crippen LogP contribution in [0.1, 0.15) is 22.8 Å².